The minimum atomic E-state index is 0.206. The molecule has 0 nitrogen and oxygen atoms in total. The van der Waals surface area contributed by atoms with Crippen molar-refractivity contribution in [1.82, 2.24) is 0 Å². The van der Waals surface area contributed by atoms with Crippen LogP contribution in [0.3, 0.4) is 0 Å². The fraction of sp³-hybridized carbons (Fsp3) is 0.579. The van der Waals surface area contributed by atoms with Crippen LogP contribution in [0.25, 0.3) is 0 Å². The van der Waals surface area contributed by atoms with Crippen LogP contribution >= 0.6 is 0 Å². The fourth-order valence-electron chi connectivity index (χ4n) is 2.41. The molecule has 0 saturated heterocycles. The molecule has 0 N–H and O–H groups in total. The molecule has 2 unspecified atom stereocenters. The topological polar surface area (TPSA) is 0 Å². The molecule has 0 fully saturated rings. The Kier molecular flexibility index (Phi) is 5.24. The standard InChI is InChI=1S/C19H28/c1-8-9-10-14(2)16(4)17-12-11-15(3)18(13-17)19(5,6)7/h11-14,16H,8H2,1-7H3. The van der Waals surface area contributed by atoms with Crippen molar-refractivity contribution in [2.24, 2.45) is 5.92 Å². The molecule has 1 rings (SSSR count). The van der Waals surface area contributed by atoms with E-state index >= 15 is 0 Å². The lowest BCUT2D eigenvalue weighted by Gasteiger charge is -2.25. The lowest BCUT2D eigenvalue weighted by atomic mass is 9.80. The molecule has 0 saturated carbocycles. The number of aryl methyl sites for hydroxylation is 1. The van der Waals surface area contributed by atoms with E-state index in [1.807, 2.05) is 0 Å². The molecule has 1 aromatic rings. The zero-order valence-electron chi connectivity index (χ0n) is 13.6. The maximum Gasteiger partial charge on any atom is 0.0240 e. The van der Waals surface area contributed by atoms with Gasteiger partial charge >= 0.3 is 0 Å². The molecule has 1 aromatic carbocycles. The van der Waals surface area contributed by atoms with Crippen molar-refractivity contribution >= 4 is 0 Å². The summed E-state index contributed by atoms with van der Waals surface area (Å²) in [5.74, 6) is 7.46. The van der Waals surface area contributed by atoms with Gasteiger partial charge in [0.05, 0.1) is 0 Å². The Bertz CT molecular complexity index is 477. The molecule has 19 heavy (non-hydrogen) atoms. The van der Waals surface area contributed by atoms with Crippen LogP contribution < -0.4 is 0 Å². The van der Waals surface area contributed by atoms with Gasteiger partial charge in [-0.05, 0) is 34.9 Å². The maximum atomic E-state index is 3.35. The fourth-order valence-corrected chi connectivity index (χ4v) is 2.41. The van der Waals surface area contributed by atoms with Crippen LogP contribution in [0.1, 0.15) is 70.6 Å². The molecule has 0 aromatic heterocycles. The summed E-state index contributed by atoms with van der Waals surface area (Å²) >= 11 is 0. The lowest BCUT2D eigenvalue weighted by Crippen LogP contribution is -2.14. The van der Waals surface area contributed by atoms with E-state index < -0.39 is 0 Å². The Labute approximate surface area is 119 Å². The number of hydrogen-bond donors (Lipinski definition) is 0. The van der Waals surface area contributed by atoms with Crippen LogP contribution in [0.4, 0.5) is 0 Å². The summed E-state index contributed by atoms with van der Waals surface area (Å²) in [5, 5.41) is 0. The molecule has 0 radical (unpaired) electrons. The van der Waals surface area contributed by atoms with Crippen LogP contribution in [0.2, 0.25) is 0 Å². The Morgan fingerprint density at radius 2 is 1.79 bits per heavy atom. The Morgan fingerprint density at radius 1 is 1.16 bits per heavy atom. The van der Waals surface area contributed by atoms with Crippen LogP contribution in [-0.4, -0.2) is 0 Å². The van der Waals surface area contributed by atoms with Crippen LogP contribution in [0, 0.1) is 24.7 Å². The van der Waals surface area contributed by atoms with Crippen molar-refractivity contribution in [3.05, 3.63) is 34.9 Å². The van der Waals surface area contributed by atoms with E-state index in [-0.39, 0.29) is 5.41 Å². The van der Waals surface area contributed by atoms with Gasteiger partial charge in [-0.15, -0.1) is 5.92 Å². The second kappa shape index (κ2) is 6.29. The third-order valence-corrected chi connectivity index (χ3v) is 3.85. The van der Waals surface area contributed by atoms with Gasteiger partial charge < -0.3 is 0 Å². The molecule has 2 atom stereocenters. The van der Waals surface area contributed by atoms with Crippen molar-refractivity contribution in [3.63, 3.8) is 0 Å². The second-order valence-corrected chi connectivity index (χ2v) is 6.58. The molecule has 0 heteroatoms. The normalized spacial score (nSPS) is 14.5. The summed E-state index contributed by atoms with van der Waals surface area (Å²) < 4.78 is 0. The number of benzene rings is 1. The van der Waals surface area contributed by atoms with E-state index in [1.54, 1.807) is 0 Å². The Balaban J connectivity index is 3.09. The molecule has 104 valence electrons. The van der Waals surface area contributed by atoms with Gasteiger partial charge in [0, 0.05) is 12.3 Å². The third kappa shape index (κ3) is 4.13. The van der Waals surface area contributed by atoms with Crippen LogP contribution in [0.15, 0.2) is 18.2 Å². The first kappa shape index (κ1) is 15.8. The van der Waals surface area contributed by atoms with E-state index in [0.717, 1.165) is 6.42 Å². The van der Waals surface area contributed by atoms with Crippen molar-refractivity contribution in [2.45, 2.75) is 66.2 Å². The third-order valence-electron chi connectivity index (χ3n) is 3.85. The van der Waals surface area contributed by atoms with Gasteiger partial charge in [-0.1, -0.05) is 65.7 Å². The molecule has 0 spiro atoms. The van der Waals surface area contributed by atoms with Crippen molar-refractivity contribution in [3.8, 4) is 11.8 Å². The molecular formula is C19H28. The quantitative estimate of drug-likeness (QED) is 0.618. The van der Waals surface area contributed by atoms with E-state index in [4.69, 9.17) is 0 Å². The molecule has 0 aliphatic heterocycles. The number of hydrogen-bond acceptors (Lipinski definition) is 0. The van der Waals surface area contributed by atoms with Gasteiger partial charge in [0.25, 0.3) is 0 Å². The first-order valence-corrected chi connectivity index (χ1v) is 7.36. The Morgan fingerprint density at radius 3 is 2.32 bits per heavy atom. The highest BCUT2D eigenvalue weighted by Gasteiger charge is 2.19. The minimum absolute atomic E-state index is 0.206. The molecule has 0 heterocycles. The van der Waals surface area contributed by atoms with E-state index in [9.17, 15) is 0 Å². The highest BCUT2D eigenvalue weighted by molar-refractivity contribution is 5.37. The van der Waals surface area contributed by atoms with Crippen molar-refractivity contribution < 1.29 is 0 Å². The monoisotopic (exact) mass is 256 g/mol. The van der Waals surface area contributed by atoms with E-state index in [2.05, 4.69) is 78.5 Å². The van der Waals surface area contributed by atoms with Gasteiger partial charge in [-0.2, -0.15) is 0 Å². The summed E-state index contributed by atoms with van der Waals surface area (Å²) in [5.41, 5.74) is 4.45. The second-order valence-electron chi connectivity index (χ2n) is 6.58. The summed E-state index contributed by atoms with van der Waals surface area (Å²) in [6, 6.07) is 6.90. The zero-order valence-corrected chi connectivity index (χ0v) is 13.6. The van der Waals surface area contributed by atoms with Crippen LogP contribution in [-0.2, 0) is 5.41 Å². The molecule has 0 aliphatic carbocycles. The average Bonchev–Trinajstić information content (AvgIpc) is 2.34. The van der Waals surface area contributed by atoms with Crippen LogP contribution in [0.5, 0.6) is 0 Å². The molecular weight excluding hydrogens is 228 g/mol. The maximum absolute atomic E-state index is 3.35. The summed E-state index contributed by atoms with van der Waals surface area (Å²) in [7, 11) is 0. The molecule has 0 amide bonds. The predicted octanol–water partition coefficient (Wildman–Crippen LogP) is 5.45. The summed E-state index contributed by atoms with van der Waals surface area (Å²) in [4.78, 5) is 0. The van der Waals surface area contributed by atoms with Gasteiger partial charge in [-0.25, -0.2) is 0 Å². The minimum Gasteiger partial charge on any atom is -0.103 e. The largest absolute Gasteiger partial charge is 0.103 e. The highest BCUT2D eigenvalue weighted by atomic mass is 14.2. The van der Waals surface area contributed by atoms with E-state index in [0.29, 0.717) is 11.8 Å². The first-order chi connectivity index (χ1) is 8.77. The molecule has 0 bridgehead atoms. The molecule has 0 aliphatic rings. The van der Waals surface area contributed by atoms with Gasteiger partial charge in [-0.3, -0.25) is 0 Å². The van der Waals surface area contributed by atoms with E-state index in [1.165, 1.54) is 16.7 Å². The zero-order chi connectivity index (χ0) is 14.6. The van der Waals surface area contributed by atoms with Gasteiger partial charge in [0.2, 0.25) is 0 Å². The summed E-state index contributed by atoms with van der Waals surface area (Å²) in [6.07, 6.45) is 0.943. The van der Waals surface area contributed by atoms with Gasteiger partial charge in [0.1, 0.15) is 0 Å². The van der Waals surface area contributed by atoms with Gasteiger partial charge in [0.15, 0.2) is 0 Å². The smallest absolute Gasteiger partial charge is 0.0240 e. The van der Waals surface area contributed by atoms with Crippen molar-refractivity contribution in [1.29, 1.82) is 0 Å². The lowest BCUT2D eigenvalue weighted by molar-refractivity contribution is 0.575. The highest BCUT2D eigenvalue weighted by Crippen LogP contribution is 2.31. The number of rotatable bonds is 2. The SMILES string of the molecule is CCC#CC(C)C(C)c1ccc(C)c(C(C)(C)C)c1. The predicted molar refractivity (Wildman–Crippen MR) is 85.5 cm³/mol. The first-order valence-electron chi connectivity index (χ1n) is 7.36. The van der Waals surface area contributed by atoms with Crippen molar-refractivity contribution in [2.75, 3.05) is 0 Å². The average molecular weight is 256 g/mol. The summed E-state index contributed by atoms with van der Waals surface area (Å²) in [6.45, 7) is 15.7. The Hall–Kier alpha value is -1.22.